The lowest BCUT2D eigenvalue weighted by molar-refractivity contribution is -0.116. The van der Waals surface area contributed by atoms with E-state index in [1.54, 1.807) is 7.05 Å². The number of nitrogens with zero attached hydrogens (tertiary/aromatic N) is 2. The molecule has 4 rings (SSSR count). The third-order valence-corrected chi connectivity index (χ3v) is 5.80. The van der Waals surface area contributed by atoms with Gasteiger partial charge >= 0.3 is 0 Å². The number of nitrogens with one attached hydrogen (secondary N) is 3. The molecular weight excluding hydrogens is 342 g/mol. The predicted molar refractivity (Wildman–Crippen MR) is 106 cm³/mol. The van der Waals surface area contributed by atoms with E-state index in [9.17, 15) is 4.79 Å². The third kappa shape index (κ3) is 4.25. The number of ether oxygens (including phenoxy) is 1. The molecule has 0 radical (unpaired) electrons. The van der Waals surface area contributed by atoms with E-state index >= 15 is 0 Å². The Balaban J connectivity index is 1.28. The standard InChI is InChI=1S/C20H29N5O2/c1-21-20(23-11-16-12-25-8-4-5-15(25)13-27-16)22-10-14-9-19(26)24-18-7-3-2-6-17(14)18/h2-3,6-7,14-16H,4-5,8-13H2,1H3,(H,24,26)(H2,21,22,23). The molecule has 0 bridgehead atoms. The molecule has 0 aliphatic carbocycles. The van der Waals surface area contributed by atoms with Gasteiger partial charge in [0.25, 0.3) is 0 Å². The molecule has 3 aliphatic rings. The van der Waals surface area contributed by atoms with Crippen LogP contribution in [0.3, 0.4) is 0 Å². The highest BCUT2D eigenvalue weighted by Crippen LogP contribution is 2.31. The van der Waals surface area contributed by atoms with Crippen LogP contribution in [0.4, 0.5) is 5.69 Å². The molecule has 1 amide bonds. The van der Waals surface area contributed by atoms with E-state index in [0.29, 0.717) is 19.0 Å². The molecule has 7 heteroatoms. The second kappa shape index (κ2) is 8.27. The molecule has 3 unspecified atom stereocenters. The topological polar surface area (TPSA) is 78.0 Å². The number of rotatable bonds is 4. The molecule has 3 atom stereocenters. The van der Waals surface area contributed by atoms with Crippen LogP contribution in [0, 0.1) is 0 Å². The average molecular weight is 371 g/mol. The Labute approximate surface area is 160 Å². The summed E-state index contributed by atoms with van der Waals surface area (Å²) in [5.74, 6) is 0.967. The molecule has 2 fully saturated rings. The summed E-state index contributed by atoms with van der Waals surface area (Å²) in [6.45, 7) is 4.44. The first-order valence-electron chi connectivity index (χ1n) is 9.92. The van der Waals surface area contributed by atoms with Crippen molar-refractivity contribution in [3.8, 4) is 0 Å². The predicted octanol–water partition coefficient (Wildman–Crippen LogP) is 1.14. The molecule has 7 nitrogen and oxygen atoms in total. The van der Waals surface area contributed by atoms with Crippen LogP contribution in [0.1, 0.15) is 30.7 Å². The number of para-hydroxylation sites is 1. The fraction of sp³-hybridized carbons (Fsp3) is 0.600. The molecule has 2 saturated heterocycles. The lowest BCUT2D eigenvalue weighted by Gasteiger charge is -2.35. The second-order valence-corrected chi connectivity index (χ2v) is 7.62. The number of carbonyl (C=O) groups is 1. The fourth-order valence-electron chi connectivity index (χ4n) is 4.34. The minimum Gasteiger partial charge on any atom is -0.373 e. The first-order chi connectivity index (χ1) is 13.2. The van der Waals surface area contributed by atoms with Crippen molar-refractivity contribution in [1.29, 1.82) is 0 Å². The zero-order valence-electron chi connectivity index (χ0n) is 15.9. The lowest BCUT2D eigenvalue weighted by atomic mass is 9.90. The fourth-order valence-corrected chi connectivity index (χ4v) is 4.34. The van der Waals surface area contributed by atoms with Gasteiger partial charge in [-0.25, -0.2) is 0 Å². The summed E-state index contributed by atoms with van der Waals surface area (Å²) in [6.07, 6.45) is 3.23. The summed E-state index contributed by atoms with van der Waals surface area (Å²) in [5, 5.41) is 9.70. The van der Waals surface area contributed by atoms with Gasteiger partial charge in [0.2, 0.25) is 5.91 Å². The molecule has 0 aromatic heterocycles. The maximum Gasteiger partial charge on any atom is 0.225 e. The molecule has 3 heterocycles. The number of amides is 1. The SMILES string of the molecule is CN=C(NCC1CN2CCCC2CO1)NCC1CC(=O)Nc2ccccc21. The summed E-state index contributed by atoms with van der Waals surface area (Å²) in [5.41, 5.74) is 2.09. The Morgan fingerprint density at radius 1 is 1.33 bits per heavy atom. The van der Waals surface area contributed by atoms with E-state index in [2.05, 4.69) is 31.9 Å². The van der Waals surface area contributed by atoms with Crippen LogP contribution in [-0.4, -0.2) is 68.7 Å². The van der Waals surface area contributed by atoms with Crippen LogP contribution in [0.5, 0.6) is 0 Å². The maximum absolute atomic E-state index is 12.0. The second-order valence-electron chi connectivity index (χ2n) is 7.62. The summed E-state index contributed by atoms with van der Waals surface area (Å²) in [4.78, 5) is 18.8. The van der Waals surface area contributed by atoms with Crippen molar-refractivity contribution in [2.45, 2.75) is 37.3 Å². The van der Waals surface area contributed by atoms with Crippen molar-refractivity contribution in [2.24, 2.45) is 4.99 Å². The molecule has 1 aromatic carbocycles. The number of morpholine rings is 1. The van der Waals surface area contributed by atoms with Gasteiger partial charge in [-0.05, 0) is 31.0 Å². The van der Waals surface area contributed by atoms with Gasteiger partial charge in [-0.15, -0.1) is 0 Å². The van der Waals surface area contributed by atoms with Crippen molar-refractivity contribution in [3.05, 3.63) is 29.8 Å². The van der Waals surface area contributed by atoms with E-state index in [0.717, 1.165) is 31.3 Å². The third-order valence-electron chi connectivity index (χ3n) is 5.80. The monoisotopic (exact) mass is 371 g/mol. The Kier molecular flexibility index (Phi) is 5.59. The van der Waals surface area contributed by atoms with E-state index < -0.39 is 0 Å². The van der Waals surface area contributed by atoms with Gasteiger partial charge in [0.1, 0.15) is 0 Å². The van der Waals surface area contributed by atoms with E-state index in [-0.39, 0.29) is 17.9 Å². The number of benzene rings is 1. The summed E-state index contributed by atoms with van der Waals surface area (Å²) >= 11 is 0. The highest BCUT2D eigenvalue weighted by atomic mass is 16.5. The Morgan fingerprint density at radius 2 is 2.19 bits per heavy atom. The normalized spacial score (nSPS) is 28.3. The first-order valence-corrected chi connectivity index (χ1v) is 9.92. The number of carbonyl (C=O) groups excluding carboxylic acids is 1. The van der Waals surface area contributed by atoms with E-state index in [4.69, 9.17) is 4.74 Å². The molecule has 0 saturated carbocycles. The van der Waals surface area contributed by atoms with Crippen LogP contribution >= 0.6 is 0 Å². The zero-order valence-corrected chi connectivity index (χ0v) is 15.9. The molecule has 1 aromatic rings. The summed E-state index contributed by atoms with van der Waals surface area (Å²) < 4.78 is 6.00. The van der Waals surface area contributed by atoms with Gasteiger partial charge < -0.3 is 20.7 Å². The minimum absolute atomic E-state index is 0.0687. The zero-order chi connectivity index (χ0) is 18.6. The van der Waals surface area contributed by atoms with Gasteiger partial charge in [0.15, 0.2) is 5.96 Å². The number of guanidine groups is 1. The van der Waals surface area contributed by atoms with E-state index in [1.165, 1.54) is 24.9 Å². The Bertz CT molecular complexity index is 707. The highest BCUT2D eigenvalue weighted by molar-refractivity contribution is 5.94. The number of hydrogen-bond acceptors (Lipinski definition) is 4. The first kappa shape index (κ1) is 18.3. The van der Waals surface area contributed by atoms with Crippen molar-refractivity contribution in [1.82, 2.24) is 15.5 Å². The average Bonchev–Trinajstić information content (AvgIpc) is 3.15. The van der Waals surface area contributed by atoms with Crippen LogP contribution in [0.25, 0.3) is 0 Å². The Morgan fingerprint density at radius 3 is 3.07 bits per heavy atom. The lowest BCUT2D eigenvalue weighted by Crippen LogP contribution is -2.51. The van der Waals surface area contributed by atoms with Crippen molar-refractivity contribution in [2.75, 3.05) is 45.2 Å². The van der Waals surface area contributed by atoms with Crippen LogP contribution < -0.4 is 16.0 Å². The van der Waals surface area contributed by atoms with Gasteiger partial charge in [-0.1, -0.05) is 18.2 Å². The minimum atomic E-state index is 0.0687. The molecule has 27 heavy (non-hydrogen) atoms. The maximum atomic E-state index is 12.0. The molecule has 3 aliphatic heterocycles. The van der Waals surface area contributed by atoms with Crippen molar-refractivity contribution < 1.29 is 9.53 Å². The molecule has 0 spiro atoms. The van der Waals surface area contributed by atoms with Crippen LogP contribution in [-0.2, 0) is 9.53 Å². The van der Waals surface area contributed by atoms with Gasteiger partial charge in [-0.3, -0.25) is 14.7 Å². The number of anilines is 1. The number of fused-ring (bicyclic) bond motifs is 2. The summed E-state index contributed by atoms with van der Waals surface area (Å²) in [7, 11) is 1.77. The largest absolute Gasteiger partial charge is 0.373 e. The van der Waals surface area contributed by atoms with E-state index in [1.807, 2.05) is 18.2 Å². The Hall–Kier alpha value is -2.12. The quantitative estimate of drug-likeness (QED) is 0.547. The van der Waals surface area contributed by atoms with Crippen molar-refractivity contribution >= 4 is 17.6 Å². The van der Waals surface area contributed by atoms with Crippen LogP contribution in [0.2, 0.25) is 0 Å². The highest BCUT2D eigenvalue weighted by Gasteiger charge is 2.32. The van der Waals surface area contributed by atoms with Crippen LogP contribution in [0.15, 0.2) is 29.3 Å². The van der Waals surface area contributed by atoms with Gasteiger partial charge in [0, 0.05) is 50.7 Å². The van der Waals surface area contributed by atoms with Gasteiger partial charge in [-0.2, -0.15) is 0 Å². The number of hydrogen-bond donors (Lipinski definition) is 3. The summed E-state index contributed by atoms with van der Waals surface area (Å²) in [6, 6.07) is 8.63. The van der Waals surface area contributed by atoms with Gasteiger partial charge in [0.05, 0.1) is 12.7 Å². The molecule has 3 N–H and O–H groups in total. The smallest absolute Gasteiger partial charge is 0.225 e. The molecule has 146 valence electrons. The van der Waals surface area contributed by atoms with Crippen molar-refractivity contribution in [3.63, 3.8) is 0 Å². The number of aliphatic imine (C=N–C) groups is 1. The molecular formula is C20H29N5O2.